The van der Waals surface area contributed by atoms with Gasteiger partial charge in [0.25, 0.3) is 11.2 Å². The van der Waals surface area contributed by atoms with E-state index in [4.69, 9.17) is 11.6 Å². The molecule has 0 amide bonds. The first-order valence-electron chi connectivity index (χ1n) is 5.12. The van der Waals surface area contributed by atoms with Crippen molar-refractivity contribution in [3.63, 3.8) is 0 Å². The lowest BCUT2D eigenvalue weighted by molar-refractivity contribution is -0.384. The summed E-state index contributed by atoms with van der Waals surface area (Å²) >= 11 is 8.80. The van der Waals surface area contributed by atoms with Gasteiger partial charge in [0.15, 0.2) is 0 Å². The molecule has 1 heterocycles. The maximum atomic E-state index is 11.8. The van der Waals surface area contributed by atoms with E-state index < -0.39 is 4.92 Å². The Kier molecular flexibility index (Phi) is 3.96. The van der Waals surface area contributed by atoms with E-state index in [2.05, 4.69) is 20.9 Å². The molecule has 1 aromatic heterocycles. The molecule has 98 valence electrons. The number of aromatic nitrogens is 2. The second-order valence-corrected chi connectivity index (χ2v) is 4.98. The number of rotatable bonds is 3. The van der Waals surface area contributed by atoms with Crippen molar-refractivity contribution in [2.24, 2.45) is 0 Å². The van der Waals surface area contributed by atoms with Crippen molar-refractivity contribution in [3.05, 3.63) is 66.3 Å². The predicted molar refractivity (Wildman–Crippen MR) is 73.4 cm³/mol. The highest BCUT2D eigenvalue weighted by Gasteiger charge is 2.13. The fraction of sp³-hybridized carbons (Fsp3) is 0.0909. The van der Waals surface area contributed by atoms with Gasteiger partial charge in [-0.1, -0.05) is 17.7 Å². The highest BCUT2D eigenvalue weighted by Crippen LogP contribution is 2.25. The van der Waals surface area contributed by atoms with Crippen LogP contribution in [-0.4, -0.2) is 14.5 Å². The molecule has 19 heavy (non-hydrogen) atoms. The fourth-order valence-corrected chi connectivity index (χ4v) is 2.06. The van der Waals surface area contributed by atoms with Crippen LogP contribution in [0, 0.1) is 10.1 Å². The van der Waals surface area contributed by atoms with Crippen LogP contribution in [0.5, 0.6) is 0 Å². The first kappa shape index (κ1) is 13.7. The van der Waals surface area contributed by atoms with Crippen LogP contribution in [0.1, 0.15) is 5.56 Å². The molecular weight excluding hydrogens is 337 g/mol. The summed E-state index contributed by atoms with van der Waals surface area (Å²) in [4.78, 5) is 25.9. The van der Waals surface area contributed by atoms with Gasteiger partial charge in [-0.3, -0.25) is 19.5 Å². The Labute approximate surface area is 120 Å². The van der Waals surface area contributed by atoms with E-state index in [1.807, 2.05) is 0 Å². The molecular formula is C11H7BrClN3O3. The van der Waals surface area contributed by atoms with Gasteiger partial charge in [-0.25, -0.2) is 4.98 Å². The van der Waals surface area contributed by atoms with Gasteiger partial charge < -0.3 is 0 Å². The molecule has 2 rings (SSSR count). The molecule has 0 atom stereocenters. The first-order valence-corrected chi connectivity index (χ1v) is 6.29. The Bertz CT molecular complexity index is 702. The van der Waals surface area contributed by atoms with Crippen molar-refractivity contribution in [1.29, 1.82) is 0 Å². The molecule has 2 aromatic rings. The van der Waals surface area contributed by atoms with Crippen LogP contribution in [0.2, 0.25) is 5.02 Å². The Balaban J connectivity index is 2.39. The summed E-state index contributed by atoms with van der Waals surface area (Å²) < 4.78 is 1.68. The number of nitrogens with zero attached hydrogens (tertiary/aromatic N) is 3. The van der Waals surface area contributed by atoms with Gasteiger partial charge in [-0.05, 0) is 27.6 Å². The van der Waals surface area contributed by atoms with E-state index in [0.717, 1.165) is 0 Å². The minimum atomic E-state index is -0.562. The maximum Gasteiger partial charge on any atom is 0.288 e. The van der Waals surface area contributed by atoms with Crippen molar-refractivity contribution in [1.82, 2.24) is 9.55 Å². The molecule has 0 unspecified atom stereocenters. The van der Waals surface area contributed by atoms with Crippen LogP contribution in [0.15, 0.2) is 40.0 Å². The normalized spacial score (nSPS) is 10.4. The van der Waals surface area contributed by atoms with Crippen LogP contribution in [-0.2, 0) is 6.54 Å². The van der Waals surface area contributed by atoms with Gasteiger partial charge in [0, 0.05) is 12.3 Å². The van der Waals surface area contributed by atoms with Crippen LogP contribution >= 0.6 is 27.5 Å². The van der Waals surface area contributed by atoms with Crippen molar-refractivity contribution in [2.75, 3.05) is 0 Å². The van der Waals surface area contributed by atoms with Gasteiger partial charge in [0.2, 0.25) is 0 Å². The van der Waals surface area contributed by atoms with Crippen LogP contribution in [0.25, 0.3) is 0 Å². The van der Waals surface area contributed by atoms with Crippen molar-refractivity contribution >= 4 is 33.2 Å². The molecule has 0 aliphatic rings. The second kappa shape index (κ2) is 5.50. The second-order valence-electron chi connectivity index (χ2n) is 3.72. The third-order valence-electron chi connectivity index (χ3n) is 2.42. The number of nitro benzene ring substituents is 1. The summed E-state index contributed by atoms with van der Waals surface area (Å²) in [5.41, 5.74) is 0.154. The number of hydrogen-bond acceptors (Lipinski definition) is 4. The topological polar surface area (TPSA) is 78.0 Å². The largest absolute Gasteiger partial charge is 0.294 e. The zero-order valence-electron chi connectivity index (χ0n) is 9.42. The zero-order chi connectivity index (χ0) is 14.0. The number of hydrogen-bond donors (Lipinski definition) is 0. The van der Waals surface area contributed by atoms with E-state index in [-0.39, 0.29) is 22.8 Å². The first-order chi connectivity index (χ1) is 8.99. The predicted octanol–water partition coefficient (Wildman–Crippen LogP) is 2.62. The van der Waals surface area contributed by atoms with Gasteiger partial charge in [-0.2, -0.15) is 0 Å². The van der Waals surface area contributed by atoms with Gasteiger partial charge >= 0.3 is 0 Å². The van der Waals surface area contributed by atoms with E-state index in [0.29, 0.717) is 10.0 Å². The molecule has 0 bridgehead atoms. The van der Waals surface area contributed by atoms with E-state index >= 15 is 0 Å². The average Bonchev–Trinajstić information content (AvgIpc) is 2.37. The zero-order valence-corrected chi connectivity index (χ0v) is 11.8. The standard InChI is InChI=1S/C11H7BrClN3O3/c12-8-4-14-6-15(11(8)17)5-7-1-2-9(13)10(3-7)16(18)19/h1-4,6H,5H2. The minimum Gasteiger partial charge on any atom is -0.294 e. The lowest BCUT2D eigenvalue weighted by atomic mass is 10.2. The highest BCUT2D eigenvalue weighted by atomic mass is 79.9. The van der Waals surface area contributed by atoms with E-state index in [1.165, 1.54) is 29.2 Å². The molecule has 0 aliphatic carbocycles. The molecule has 0 spiro atoms. The number of nitro groups is 1. The van der Waals surface area contributed by atoms with E-state index in [1.54, 1.807) is 6.07 Å². The molecule has 6 nitrogen and oxygen atoms in total. The van der Waals surface area contributed by atoms with Crippen LogP contribution in [0.3, 0.4) is 0 Å². The van der Waals surface area contributed by atoms with Crippen LogP contribution < -0.4 is 5.56 Å². The lowest BCUT2D eigenvalue weighted by Crippen LogP contribution is -2.21. The van der Waals surface area contributed by atoms with Gasteiger partial charge in [0.1, 0.15) is 9.50 Å². The van der Waals surface area contributed by atoms with Crippen molar-refractivity contribution < 1.29 is 4.92 Å². The average molecular weight is 345 g/mol. The number of halogens is 2. The van der Waals surface area contributed by atoms with Gasteiger partial charge in [0.05, 0.1) is 17.8 Å². The Morgan fingerprint density at radius 3 is 2.89 bits per heavy atom. The molecule has 8 heteroatoms. The Hall–Kier alpha value is -1.73. The molecule has 0 aliphatic heterocycles. The summed E-state index contributed by atoms with van der Waals surface area (Å²) in [5, 5.41) is 10.8. The molecule has 0 fully saturated rings. The minimum absolute atomic E-state index is 0.0634. The maximum absolute atomic E-state index is 11.8. The summed E-state index contributed by atoms with van der Waals surface area (Å²) in [6.45, 7) is 0.184. The highest BCUT2D eigenvalue weighted by molar-refractivity contribution is 9.10. The fourth-order valence-electron chi connectivity index (χ4n) is 1.53. The summed E-state index contributed by atoms with van der Waals surface area (Å²) in [6.07, 6.45) is 2.76. The van der Waals surface area contributed by atoms with Gasteiger partial charge in [-0.15, -0.1) is 0 Å². The van der Waals surface area contributed by atoms with Crippen LogP contribution in [0.4, 0.5) is 5.69 Å². The smallest absolute Gasteiger partial charge is 0.288 e. The summed E-state index contributed by atoms with van der Waals surface area (Å²) in [7, 11) is 0. The molecule has 0 N–H and O–H groups in total. The molecule has 0 saturated carbocycles. The van der Waals surface area contributed by atoms with E-state index in [9.17, 15) is 14.9 Å². The Morgan fingerprint density at radius 1 is 1.47 bits per heavy atom. The lowest BCUT2D eigenvalue weighted by Gasteiger charge is -2.06. The summed E-state index contributed by atoms with van der Waals surface area (Å²) in [5.74, 6) is 0. The van der Waals surface area contributed by atoms with Crippen molar-refractivity contribution in [3.8, 4) is 0 Å². The Morgan fingerprint density at radius 2 is 2.21 bits per heavy atom. The number of benzene rings is 1. The SMILES string of the molecule is O=c1c(Br)cncn1Cc1ccc(Cl)c([N+](=O)[O-])c1. The van der Waals surface area contributed by atoms with Crippen molar-refractivity contribution in [2.45, 2.75) is 6.54 Å². The molecule has 0 saturated heterocycles. The third kappa shape index (κ3) is 2.99. The quantitative estimate of drug-likeness (QED) is 0.633. The monoisotopic (exact) mass is 343 g/mol. The third-order valence-corrected chi connectivity index (χ3v) is 3.28. The molecule has 0 radical (unpaired) electrons. The summed E-state index contributed by atoms with van der Waals surface area (Å²) in [6, 6.07) is 4.41. The molecule has 1 aromatic carbocycles.